The largest absolute Gasteiger partial charge is 0.481 e. The number of piperidine rings is 1. The lowest BCUT2D eigenvalue weighted by Crippen LogP contribution is -2.37. The molecule has 1 amide bonds. The number of nitrogens with two attached hydrogens (primary N) is 3. The van der Waals surface area contributed by atoms with Crippen molar-refractivity contribution in [2.24, 2.45) is 11.8 Å². The van der Waals surface area contributed by atoms with Crippen LogP contribution in [-0.2, 0) is 20.8 Å². The zero-order valence-corrected chi connectivity index (χ0v) is 52.1. The van der Waals surface area contributed by atoms with E-state index < -0.39 is 11.9 Å². The lowest BCUT2D eigenvalue weighted by Gasteiger charge is -2.31. The highest BCUT2D eigenvalue weighted by Gasteiger charge is 2.34. The zero-order valence-electron chi connectivity index (χ0n) is 52.1. The molecule has 2 aliphatic carbocycles. The maximum Gasteiger partial charge on any atom is 0.306 e. The Morgan fingerprint density at radius 3 is 1.67 bits per heavy atom. The molecule has 1 saturated heterocycles. The number of para-hydroxylation sites is 2. The second-order valence-electron chi connectivity index (χ2n) is 24.7. The van der Waals surface area contributed by atoms with Crippen molar-refractivity contribution in [3.8, 4) is 45.4 Å². The number of amides is 1. The van der Waals surface area contributed by atoms with Crippen LogP contribution in [-0.4, -0.2) is 114 Å². The number of carboxylic acid groups (broad SMARTS) is 2. The molecule has 478 valence electrons. The van der Waals surface area contributed by atoms with Gasteiger partial charge in [-0.3, -0.25) is 37.4 Å². The maximum absolute atomic E-state index is 12.1. The van der Waals surface area contributed by atoms with Crippen molar-refractivity contribution in [2.45, 2.75) is 109 Å². The number of aromatic amines is 4. The van der Waals surface area contributed by atoms with Gasteiger partial charge in [-0.1, -0.05) is 56.3 Å². The highest BCUT2D eigenvalue weighted by molar-refractivity contribution is 5.99. The summed E-state index contributed by atoms with van der Waals surface area (Å²) in [5.41, 5.74) is 31.4. The molecule has 3 aliphatic rings. The van der Waals surface area contributed by atoms with Gasteiger partial charge in [-0.2, -0.15) is 0 Å². The minimum atomic E-state index is -0.728. The van der Waals surface area contributed by atoms with Crippen LogP contribution < -0.4 is 22.8 Å². The van der Waals surface area contributed by atoms with Gasteiger partial charge >= 0.3 is 11.9 Å². The van der Waals surface area contributed by atoms with Gasteiger partial charge in [-0.15, -0.1) is 0 Å². The summed E-state index contributed by atoms with van der Waals surface area (Å²) in [5.74, 6) is 2.89. The first kappa shape index (κ1) is 60.4. The second-order valence-corrected chi connectivity index (χ2v) is 24.7. The van der Waals surface area contributed by atoms with Gasteiger partial charge in [0.05, 0.1) is 40.1 Å². The van der Waals surface area contributed by atoms with E-state index in [0.29, 0.717) is 72.0 Å². The molecule has 11 aromatic heterocycles. The van der Waals surface area contributed by atoms with Crippen LogP contribution in [0.5, 0.6) is 0 Å². The van der Waals surface area contributed by atoms with Crippen LogP contribution in [0.15, 0.2) is 133 Å². The molecule has 1 aliphatic heterocycles. The van der Waals surface area contributed by atoms with Crippen LogP contribution in [0.25, 0.3) is 94.7 Å². The maximum atomic E-state index is 12.1. The summed E-state index contributed by atoms with van der Waals surface area (Å²) in [6.45, 7) is 5.52. The minimum absolute atomic E-state index is 0.140. The number of aryl methyl sites for hydroxylation is 1. The second kappa shape index (κ2) is 25.1. The molecule has 24 heteroatoms. The number of carbonyl (C=O) groups is 3. The third-order valence-corrected chi connectivity index (χ3v) is 19.2. The number of aromatic nitrogens is 14. The number of carbonyl (C=O) groups excluding carboxylic acids is 1. The first-order valence-electron chi connectivity index (χ1n) is 32.2. The van der Waals surface area contributed by atoms with Crippen LogP contribution >= 0.6 is 0 Å². The van der Waals surface area contributed by atoms with Gasteiger partial charge in [-0.25, -0.2) is 29.9 Å². The number of pyridine rings is 2. The number of H-pyrrole nitrogens is 4. The molecule has 0 radical (unpaired) electrons. The van der Waals surface area contributed by atoms with E-state index in [1.807, 2.05) is 89.4 Å². The summed E-state index contributed by atoms with van der Waals surface area (Å²) in [6, 6.07) is 28.2. The van der Waals surface area contributed by atoms with Gasteiger partial charge in [0.2, 0.25) is 5.91 Å². The number of anilines is 3. The fraction of sp³-hybridized carbons (Fsp3) is 0.300. The molecular formula is C70H72N18O6. The Labute approximate surface area is 537 Å². The zero-order chi connectivity index (χ0) is 64.9. The number of hydrogen-bond donors (Lipinski definition) is 9. The molecule has 0 bridgehead atoms. The van der Waals surface area contributed by atoms with E-state index in [0.717, 1.165) is 153 Å². The number of rotatable bonds is 11. The van der Waals surface area contributed by atoms with Crippen molar-refractivity contribution in [1.29, 1.82) is 0 Å². The number of aliphatic carboxylic acids is 2. The van der Waals surface area contributed by atoms with Gasteiger partial charge in [0.1, 0.15) is 74.1 Å². The van der Waals surface area contributed by atoms with Crippen molar-refractivity contribution in [3.05, 3.63) is 162 Å². The normalized spacial score (nSPS) is 17.8. The molecule has 0 unspecified atom stereocenters. The Hall–Kier alpha value is -11.2. The molecule has 94 heavy (non-hydrogen) atoms. The van der Waals surface area contributed by atoms with Crippen LogP contribution in [0.2, 0.25) is 0 Å². The first-order valence-corrected chi connectivity index (χ1v) is 32.2. The Bertz CT molecular complexity index is 5030. The van der Waals surface area contributed by atoms with E-state index in [2.05, 4.69) is 85.9 Å². The molecule has 0 atom stereocenters. The highest BCUT2D eigenvalue weighted by atomic mass is 16.4. The van der Waals surface area contributed by atoms with Crippen LogP contribution in [0.1, 0.15) is 125 Å². The molecule has 16 rings (SSSR count). The topological polar surface area (TPSA) is 357 Å². The number of nitrogens with zero attached hydrogens (tertiary/aromatic N) is 11. The van der Waals surface area contributed by atoms with Gasteiger partial charge in [0.15, 0.2) is 0 Å². The van der Waals surface area contributed by atoms with E-state index in [4.69, 9.17) is 32.2 Å². The van der Waals surface area contributed by atoms with Gasteiger partial charge < -0.3 is 52.2 Å². The van der Waals surface area contributed by atoms with Crippen molar-refractivity contribution in [3.63, 3.8) is 0 Å². The van der Waals surface area contributed by atoms with E-state index >= 15 is 0 Å². The fourth-order valence-corrected chi connectivity index (χ4v) is 14.3. The molecule has 12 N–H and O–H groups in total. The first-order chi connectivity index (χ1) is 45.7. The minimum Gasteiger partial charge on any atom is -0.481 e. The van der Waals surface area contributed by atoms with Gasteiger partial charge in [0, 0.05) is 114 Å². The molecule has 0 spiro atoms. The summed E-state index contributed by atoms with van der Waals surface area (Å²) < 4.78 is 6.18. The van der Waals surface area contributed by atoms with Crippen LogP contribution in [0.4, 0.5) is 17.5 Å². The third-order valence-electron chi connectivity index (χ3n) is 19.2. The summed E-state index contributed by atoms with van der Waals surface area (Å²) in [5, 5.41) is 21.6. The Balaban J connectivity index is 0.000000122. The predicted molar refractivity (Wildman–Crippen MR) is 361 cm³/mol. The molecule has 13 aromatic rings. The number of benzene rings is 2. The number of hydrogen-bond acceptors (Lipinski definition) is 14. The van der Waals surface area contributed by atoms with Crippen molar-refractivity contribution < 1.29 is 24.6 Å². The predicted octanol–water partition coefficient (Wildman–Crippen LogP) is 11.5. The van der Waals surface area contributed by atoms with Crippen molar-refractivity contribution in [1.82, 2.24) is 72.9 Å². The molecule has 3 fully saturated rings. The molecule has 24 nitrogen and oxygen atoms in total. The highest BCUT2D eigenvalue weighted by Crippen LogP contribution is 2.43. The smallest absolute Gasteiger partial charge is 0.306 e. The average Bonchev–Trinajstić information content (AvgIpc) is 1.66. The average molecular weight is 1260 g/mol. The van der Waals surface area contributed by atoms with Crippen LogP contribution in [0.3, 0.4) is 0 Å². The summed E-state index contributed by atoms with van der Waals surface area (Å²) in [4.78, 5) is 94.4. The number of nitrogen functional groups attached to an aromatic ring is 3. The van der Waals surface area contributed by atoms with Gasteiger partial charge in [0.25, 0.3) is 5.56 Å². The standard InChI is InChI=1S/C27H27N7O.C23H25N5O2.C20H20N6O3/c1-2-22(35)33-13-9-17(10-14-33)27-32-24(25-26(28)30-12-15-34(25)27)21-16-18-6-5-7-19(23(18)31-21)20-8-3-4-11-29-20;1-2-16-12-25-21(24)20-19(18-11-15-5-3-4-6-17(15)26-18)27-22(28(16)20)13-7-9-14(10-8-13)23(29)30;21-17-16-15(13-9-12-5-6-23-19(27)14(12)24-13)25-18(26(16)8-7-22-17)10-1-3-11(4-2-10)20(28)29/h3-8,11-12,15-17,31H,2,9-10,13-14H2,1H3,(H2,28,30);3-6,11-14,26H,2,7-10H2,1H3,(H2,24,25)(H,29,30);5-11,24H,1-4H2,(H2,21,22)(H,23,27)(H,28,29). The molecular weight excluding hydrogens is 1190 g/mol. The Kier molecular flexibility index (Phi) is 16.2. The monoisotopic (exact) mass is 1260 g/mol. The number of nitrogens with one attached hydrogen (secondary N) is 4. The number of likely N-dealkylation sites (tertiary alicyclic amines) is 1. The quantitative estimate of drug-likeness (QED) is 0.0581. The van der Waals surface area contributed by atoms with Gasteiger partial charge in [-0.05, 0) is 113 Å². The fourth-order valence-electron chi connectivity index (χ4n) is 14.3. The number of carboxylic acids is 2. The molecule has 12 heterocycles. The van der Waals surface area contributed by atoms with E-state index in [9.17, 15) is 29.4 Å². The van der Waals surface area contributed by atoms with Crippen molar-refractivity contribution in [2.75, 3.05) is 30.3 Å². The lowest BCUT2D eigenvalue weighted by molar-refractivity contribution is -0.143. The number of imidazole rings is 3. The lowest BCUT2D eigenvalue weighted by atomic mass is 9.81. The summed E-state index contributed by atoms with van der Waals surface area (Å²) in [6.07, 6.45) is 21.2. The number of fused-ring (bicyclic) bond motifs is 6. The molecule has 2 saturated carbocycles. The SMILES string of the molecule is CCC(=O)N1CCC(c2nc(-c3cc4cccc(-c5ccccn5)c4[nH]3)c3c(N)nccn23)CC1.CCc1cnc(N)c2c(-c3cc4ccccc4[nH]3)nc(C3CCC(C(=O)O)CC3)n12.Nc1nccn2c(C3CCC(C(=O)O)CC3)nc(-c3cc4cc[nH]c(=O)c4[nH]3)c12. The third kappa shape index (κ3) is 11.2. The van der Waals surface area contributed by atoms with E-state index in [1.54, 1.807) is 24.8 Å². The Morgan fingerprint density at radius 1 is 0.553 bits per heavy atom. The Morgan fingerprint density at radius 2 is 1.09 bits per heavy atom. The van der Waals surface area contributed by atoms with Crippen LogP contribution in [0, 0.1) is 11.8 Å². The summed E-state index contributed by atoms with van der Waals surface area (Å²) in [7, 11) is 0. The summed E-state index contributed by atoms with van der Waals surface area (Å²) >= 11 is 0. The van der Waals surface area contributed by atoms with Crippen molar-refractivity contribution >= 4 is 84.6 Å². The van der Waals surface area contributed by atoms with E-state index in [-0.39, 0.29) is 41.1 Å². The molecule has 2 aromatic carbocycles. The van der Waals surface area contributed by atoms with E-state index in [1.165, 1.54) is 0 Å².